The van der Waals surface area contributed by atoms with Crippen molar-refractivity contribution in [1.29, 1.82) is 0 Å². The van der Waals surface area contributed by atoms with Crippen LogP contribution < -0.4 is 10.9 Å². The van der Waals surface area contributed by atoms with Crippen LogP contribution in [-0.4, -0.2) is 10.5 Å². The molecule has 0 saturated heterocycles. The maximum Gasteiger partial charge on any atom is 0.263 e. The van der Waals surface area contributed by atoms with Crippen LogP contribution in [-0.2, 0) is 13.1 Å². The van der Waals surface area contributed by atoms with Gasteiger partial charge in [0.15, 0.2) is 0 Å². The minimum atomic E-state index is -0.338. The number of benzene rings is 2. The number of carbonyl (C=O) groups excluding carboxylic acids is 1. The Bertz CT molecular complexity index is 1010. The average molecular weight is 374 g/mol. The van der Waals surface area contributed by atoms with Gasteiger partial charge in [-0.1, -0.05) is 67.9 Å². The molecule has 3 rings (SSSR count). The van der Waals surface area contributed by atoms with Crippen LogP contribution in [0.2, 0.25) is 0 Å². The smallest absolute Gasteiger partial charge is 0.263 e. The normalized spacial score (nSPS) is 10.6. The first-order valence-electron chi connectivity index (χ1n) is 9.72. The molecular weight excluding hydrogens is 348 g/mol. The molecule has 0 aliphatic rings. The molecule has 1 amide bonds. The van der Waals surface area contributed by atoms with E-state index in [9.17, 15) is 9.59 Å². The molecule has 0 radical (unpaired) electrons. The summed E-state index contributed by atoms with van der Waals surface area (Å²) in [6, 6.07) is 19.4. The van der Waals surface area contributed by atoms with E-state index in [-0.39, 0.29) is 17.0 Å². The highest BCUT2D eigenvalue weighted by atomic mass is 16.2. The van der Waals surface area contributed by atoms with Gasteiger partial charge in [0.2, 0.25) is 0 Å². The van der Waals surface area contributed by atoms with E-state index in [1.54, 1.807) is 10.6 Å². The Morgan fingerprint density at radius 2 is 1.75 bits per heavy atom. The first kappa shape index (κ1) is 19.6. The summed E-state index contributed by atoms with van der Waals surface area (Å²) in [5.41, 5.74) is 3.98. The summed E-state index contributed by atoms with van der Waals surface area (Å²) in [5.74, 6) is -0.338. The summed E-state index contributed by atoms with van der Waals surface area (Å²) in [6.45, 7) is 5.12. The van der Waals surface area contributed by atoms with Crippen LogP contribution in [0.1, 0.15) is 41.3 Å². The second-order valence-electron chi connectivity index (χ2n) is 6.98. The summed E-state index contributed by atoms with van der Waals surface area (Å²) in [6.07, 6.45) is 3.74. The molecule has 0 atom stereocenters. The fourth-order valence-corrected chi connectivity index (χ4v) is 3.21. The number of amides is 1. The number of nitrogens with one attached hydrogen (secondary N) is 1. The Kier molecular flexibility index (Phi) is 6.43. The molecule has 144 valence electrons. The van der Waals surface area contributed by atoms with Crippen LogP contribution in [0.4, 0.5) is 0 Å². The van der Waals surface area contributed by atoms with Crippen molar-refractivity contribution in [2.45, 2.75) is 39.8 Å². The summed E-state index contributed by atoms with van der Waals surface area (Å²) in [7, 11) is 0. The zero-order chi connectivity index (χ0) is 19.9. The topological polar surface area (TPSA) is 51.1 Å². The SMILES string of the molecule is CCCCn1cc(-c2ccccc2C)cc(C(=O)NCc2ccccc2)c1=O. The van der Waals surface area contributed by atoms with Crippen LogP contribution in [0.3, 0.4) is 0 Å². The van der Waals surface area contributed by atoms with E-state index in [1.165, 1.54) is 0 Å². The second kappa shape index (κ2) is 9.18. The average Bonchev–Trinajstić information content (AvgIpc) is 2.72. The molecule has 0 bridgehead atoms. The van der Waals surface area contributed by atoms with Crippen molar-refractivity contribution in [3.8, 4) is 11.1 Å². The number of aromatic nitrogens is 1. The van der Waals surface area contributed by atoms with Crippen molar-refractivity contribution in [3.63, 3.8) is 0 Å². The van der Waals surface area contributed by atoms with Gasteiger partial charge < -0.3 is 9.88 Å². The number of nitrogens with zero attached hydrogens (tertiary/aromatic N) is 1. The molecule has 1 N–H and O–H groups in total. The van der Waals surface area contributed by atoms with Gasteiger partial charge in [-0.3, -0.25) is 9.59 Å². The summed E-state index contributed by atoms with van der Waals surface area (Å²) in [4.78, 5) is 25.7. The van der Waals surface area contributed by atoms with E-state index in [2.05, 4.69) is 12.2 Å². The highest BCUT2D eigenvalue weighted by molar-refractivity contribution is 5.95. The van der Waals surface area contributed by atoms with Gasteiger partial charge in [-0.15, -0.1) is 0 Å². The lowest BCUT2D eigenvalue weighted by atomic mass is 10.0. The number of carbonyl (C=O) groups is 1. The minimum absolute atomic E-state index is 0.188. The quantitative estimate of drug-likeness (QED) is 0.659. The van der Waals surface area contributed by atoms with E-state index in [0.29, 0.717) is 13.1 Å². The Balaban J connectivity index is 1.96. The third kappa shape index (κ3) is 4.58. The van der Waals surface area contributed by atoms with E-state index >= 15 is 0 Å². The zero-order valence-corrected chi connectivity index (χ0v) is 16.4. The highest BCUT2D eigenvalue weighted by Gasteiger charge is 2.15. The lowest BCUT2D eigenvalue weighted by Crippen LogP contribution is -2.33. The molecule has 1 heterocycles. The van der Waals surface area contributed by atoms with Crippen molar-refractivity contribution < 1.29 is 4.79 Å². The van der Waals surface area contributed by atoms with Gasteiger partial charge in [0.05, 0.1) is 0 Å². The van der Waals surface area contributed by atoms with E-state index in [4.69, 9.17) is 0 Å². The molecule has 3 aromatic rings. The first-order valence-corrected chi connectivity index (χ1v) is 9.72. The molecule has 0 aliphatic carbocycles. The maximum absolute atomic E-state index is 12.9. The second-order valence-corrected chi connectivity index (χ2v) is 6.98. The number of hydrogen-bond donors (Lipinski definition) is 1. The lowest BCUT2D eigenvalue weighted by Gasteiger charge is -2.13. The Morgan fingerprint density at radius 3 is 2.46 bits per heavy atom. The van der Waals surface area contributed by atoms with Crippen LogP contribution >= 0.6 is 0 Å². The number of rotatable bonds is 7. The molecular formula is C24H26N2O2. The van der Waals surface area contributed by atoms with Crippen molar-refractivity contribution >= 4 is 5.91 Å². The number of unbranched alkanes of at least 4 members (excludes halogenated alkanes) is 1. The molecule has 1 aromatic heterocycles. The number of pyridine rings is 1. The first-order chi connectivity index (χ1) is 13.6. The molecule has 2 aromatic carbocycles. The largest absolute Gasteiger partial charge is 0.348 e. The molecule has 4 nitrogen and oxygen atoms in total. The van der Waals surface area contributed by atoms with Crippen LogP contribution in [0.15, 0.2) is 71.7 Å². The minimum Gasteiger partial charge on any atom is -0.348 e. The molecule has 0 spiro atoms. The standard InChI is InChI=1S/C24H26N2O2/c1-3-4-14-26-17-20(21-13-9-8-10-18(21)2)15-22(24(26)28)23(27)25-16-19-11-6-5-7-12-19/h5-13,15,17H,3-4,14,16H2,1-2H3,(H,25,27). The summed E-state index contributed by atoms with van der Waals surface area (Å²) in [5, 5.41) is 2.88. The molecule has 0 fully saturated rings. The predicted molar refractivity (Wildman–Crippen MR) is 113 cm³/mol. The third-order valence-corrected chi connectivity index (χ3v) is 4.84. The third-order valence-electron chi connectivity index (χ3n) is 4.84. The number of aryl methyl sites for hydroxylation is 2. The fourth-order valence-electron chi connectivity index (χ4n) is 3.21. The van der Waals surface area contributed by atoms with Crippen LogP contribution in [0, 0.1) is 6.92 Å². The van der Waals surface area contributed by atoms with Crippen LogP contribution in [0.25, 0.3) is 11.1 Å². The highest BCUT2D eigenvalue weighted by Crippen LogP contribution is 2.23. The number of hydrogen-bond acceptors (Lipinski definition) is 2. The van der Waals surface area contributed by atoms with Gasteiger partial charge >= 0.3 is 0 Å². The summed E-state index contributed by atoms with van der Waals surface area (Å²) < 4.78 is 1.67. The maximum atomic E-state index is 12.9. The van der Waals surface area contributed by atoms with Gasteiger partial charge in [-0.25, -0.2) is 0 Å². The molecule has 4 heteroatoms. The molecule has 28 heavy (non-hydrogen) atoms. The Morgan fingerprint density at radius 1 is 1.04 bits per heavy atom. The Hall–Kier alpha value is -3.14. The monoisotopic (exact) mass is 374 g/mol. The summed E-state index contributed by atoms with van der Waals surface area (Å²) >= 11 is 0. The fraction of sp³-hybridized carbons (Fsp3) is 0.250. The van der Waals surface area contributed by atoms with E-state index < -0.39 is 0 Å². The van der Waals surface area contributed by atoms with Gasteiger partial charge in [0.1, 0.15) is 5.56 Å². The van der Waals surface area contributed by atoms with Crippen molar-refractivity contribution in [3.05, 3.63) is 93.9 Å². The van der Waals surface area contributed by atoms with Gasteiger partial charge in [-0.2, -0.15) is 0 Å². The van der Waals surface area contributed by atoms with E-state index in [1.807, 2.05) is 67.7 Å². The predicted octanol–water partition coefficient (Wildman–Crippen LogP) is 4.55. The van der Waals surface area contributed by atoms with Crippen molar-refractivity contribution in [2.75, 3.05) is 0 Å². The lowest BCUT2D eigenvalue weighted by molar-refractivity contribution is 0.0949. The van der Waals surface area contributed by atoms with Gasteiger partial charge in [0, 0.05) is 19.3 Å². The van der Waals surface area contributed by atoms with E-state index in [0.717, 1.165) is 35.1 Å². The van der Waals surface area contributed by atoms with Crippen molar-refractivity contribution in [2.24, 2.45) is 0 Å². The molecule has 0 saturated carbocycles. The van der Waals surface area contributed by atoms with Gasteiger partial charge in [-0.05, 0) is 41.7 Å². The van der Waals surface area contributed by atoms with Crippen molar-refractivity contribution in [1.82, 2.24) is 9.88 Å². The Labute approximate surface area is 165 Å². The zero-order valence-electron chi connectivity index (χ0n) is 16.4. The van der Waals surface area contributed by atoms with Gasteiger partial charge in [0.25, 0.3) is 11.5 Å². The molecule has 0 unspecified atom stereocenters. The van der Waals surface area contributed by atoms with Crippen LogP contribution in [0.5, 0.6) is 0 Å². The molecule has 0 aliphatic heterocycles.